The second-order valence-electron chi connectivity index (χ2n) is 5.43. The van der Waals surface area contributed by atoms with E-state index in [1.165, 1.54) is 12.1 Å². The van der Waals surface area contributed by atoms with Crippen LogP contribution in [-0.2, 0) is 4.79 Å². The Morgan fingerprint density at radius 3 is 2.24 bits per heavy atom. The monoisotopic (exact) mass is 298 g/mol. The van der Waals surface area contributed by atoms with Crippen LogP contribution in [0.5, 0.6) is 0 Å². The summed E-state index contributed by atoms with van der Waals surface area (Å²) < 4.78 is 26.8. The first-order valence-corrected chi connectivity index (χ1v) is 7.06. The van der Waals surface area contributed by atoms with E-state index in [0.717, 1.165) is 6.07 Å². The van der Waals surface area contributed by atoms with Crippen molar-refractivity contribution in [3.05, 3.63) is 35.4 Å². The average molecular weight is 298 g/mol. The molecule has 0 aromatic heterocycles. The Balaban J connectivity index is 2.00. The van der Waals surface area contributed by atoms with Gasteiger partial charge in [0.05, 0.1) is 0 Å². The zero-order valence-electron chi connectivity index (χ0n) is 12.2. The molecular formula is C15H20F2N2O2. The normalized spacial score (nSPS) is 20.2. The van der Waals surface area contributed by atoms with Crippen LogP contribution in [0.3, 0.4) is 0 Å². The molecule has 1 heterocycles. The van der Waals surface area contributed by atoms with Crippen LogP contribution in [0, 0.1) is 11.6 Å². The van der Waals surface area contributed by atoms with Crippen molar-refractivity contribution in [3.8, 4) is 0 Å². The number of nitrogens with zero attached hydrogens (tertiary/aromatic N) is 2. The predicted molar refractivity (Wildman–Crippen MR) is 75.0 cm³/mol. The summed E-state index contributed by atoms with van der Waals surface area (Å²) >= 11 is 0. The van der Waals surface area contributed by atoms with Crippen molar-refractivity contribution in [2.24, 2.45) is 0 Å². The van der Waals surface area contributed by atoms with Crippen molar-refractivity contribution < 1.29 is 18.7 Å². The van der Waals surface area contributed by atoms with Gasteiger partial charge >= 0.3 is 5.97 Å². The molecule has 0 spiro atoms. The van der Waals surface area contributed by atoms with Crippen LogP contribution in [0.1, 0.15) is 25.5 Å². The van der Waals surface area contributed by atoms with Crippen molar-refractivity contribution in [1.29, 1.82) is 0 Å². The van der Waals surface area contributed by atoms with E-state index in [1.807, 2.05) is 11.8 Å². The third-order valence-corrected chi connectivity index (χ3v) is 4.21. The highest BCUT2D eigenvalue weighted by Crippen LogP contribution is 2.25. The minimum atomic E-state index is -0.832. The molecule has 0 aliphatic carbocycles. The lowest BCUT2D eigenvalue weighted by atomic mass is 10.0. The van der Waals surface area contributed by atoms with Crippen molar-refractivity contribution in [2.75, 3.05) is 26.2 Å². The predicted octanol–water partition coefficient (Wildman–Crippen LogP) is 2.12. The number of aliphatic carboxylic acids is 1. The zero-order valence-corrected chi connectivity index (χ0v) is 12.2. The molecule has 2 rings (SSSR count). The van der Waals surface area contributed by atoms with Crippen LogP contribution in [0.4, 0.5) is 8.78 Å². The van der Waals surface area contributed by atoms with E-state index in [9.17, 15) is 13.6 Å². The fourth-order valence-corrected chi connectivity index (χ4v) is 2.71. The fourth-order valence-electron chi connectivity index (χ4n) is 2.71. The van der Waals surface area contributed by atoms with Crippen molar-refractivity contribution in [1.82, 2.24) is 9.80 Å². The summed E-state index contributed by atoms with van der Waals surface area (Å²) in [7, 11) is 0. The molecule has 1 aliphatic heterocycles. The largest absolute Gasteiger partial charge is 0.480 e. The van der Waals surface area contributed by atoms with E-state index in [4.69, 9.17) is 5.11 Å². The third kappa shape index (κ3) is 3.57. The van der Waals surface area contributed by atoms with Crippen LogP contribution in [0.15, 0.2) is 18.2 Å². The van der Waals surface area contributed by atoms with Gasteiger partial charge in [0.25, 0.3) is 0 Å². The van der Waals surface area contributed by atoms with Crippen molar-refractivity contribution in [2.45, 2.75) is 25.9 Å². The lowest BCUT2D eigenvalue weighted by Crippen LogP contribution is -2.52. The highest BCUT2D eigenvalue weighted by Gasteiger charge is 2.28. The summed E-state index contributed by atoms with van der Waals surface area (Å²) in [4.78, 5) is 15.0. The number of rotatable bonds is 4. The quantitative estimate of drug-likeness (QED) is 0.924. The van der Waals surface area contributed by atoms with Gasteiger partial charge in [-0.1, -0.05) is 6.07 Å². The highest BCUT2D eigenvalue weighted by molar-refractivity contribution is 5.72. The van der Waals surface area contributed by atoms with E-state index in [1.54, 1.807) is 6.92 Å². The Kier molecular flexibility index (Phi) is 4.90. The Hall–Kier alpha value is -1.53. The molecule has 0 saturated carbocycles. The Morgan fingerprint density at radius 1 is 1.14 bits per heavy atom. The summed E-state index contributed by atoms with van der Waals surface area (Å²) in [5.74, 6) is -1.95. The molecule has 0 unspecified atom stereocenters. The summed E-state index contributed by atoms with van der Waals surface area (Å²) in [6.07, 6.45) is 0. The lowest BCUT2D eigenvalue weighted by Gasteiger charge is -2.39. The molecule has 1 fully saturated rings. The minimum Gasteiger partial charge on any atom is -0.480 e. The van der Waals surface area contributed by atoms with Gasteiger partial charge < -0.3 is 5.11 Å². The van der Waals surface area contributed by atoms with Gasteiger partial charge in [-0.2, -0.15) is 0 Å². The molecule has 1 N–H and O–H groups in total. The van der Waals surface area contributed by atoms with Crippen LogP contribution < -0.4 is 0 Å². The molecule has 116 valence electrons. The van der Waals surface area contributed by atoms with Crippen LogP contribution in [0.25, 0.3) is 0 Å². The second kappa shape index (κ2) is 6.49. The molecule has 4 nitrogen and oxygen atoms in total. The number of halogens is 2. The second-order valence-corrected chi connectivity index (χ2v) is 5.43. The van der Waals surface area contributed by atoms with Gasteiger partial charge in [0.2, 0.25) is 0 Å². The molecule has 0 radical (unpaired) electrons. The van der Waals surface area contributed by atoms with Gasteiger partial charge in [-0.25, -0.2) is 8.78 Å². The number of hydrogen-bond donors (Lipinski definition) is 1. The summed E-state index contributed by atoms with van der Waals surface area (Å²) in [5.41, 5.74) is 0.469. The Labute approximate surface area is 123 Å². The number of piperazine rings is 1. The smallest absolute Gasteiger partial charge is 0.320 e. The van der Waals surface area contributed by atoms with Gasteiger partial charge in [-0.15, -0.1) is 0 Å². The lowest BCUT2D eigenvalue weighted by molar-refractivity contribution is -0.143. The molecular weight excluding hydrogens is 278 g/mol. The molecule has 2 atom stereocenters. The number of carboxylic acid groups (broad SMARTS) is 1. The first-order valence-electron chi connectivity index (χ1n) is 7.06. The first-order chi connectivity index (χ1) is 9.90. The number of carboxylic acids is 1. The number of carbonyl (C=O) groups is 1. The van der Waals surface area contributed by atoms with E-state index < -0.39 is 23.6 Å². The molecule has 6 heteroatoms. The summed E-state index contributed by atoms with van der Waals surface area (Å²) in [6, 6.07) is 2.96. The van der Waals surface area contributed by atoms with E-state index in [2.05, 4.69) is 4.90 Å². The van der Waals surface area contributed by atoms with E-state index in [-0.39, 0.29) is 6.04 Å². The van der Waals surface area contributed by atoms with Gasteiger partial charge in [0, 0.05) is 43.9 Å². The average Bonchev–Trinajstić information content (AvgIpc) is 2.46. The molecule has 1 aromatic carbocycles. The topological polar surface area (TPSA) is 43.8 Å². The van der Waals surface area contributed by atoms with Gasteiger partial charge in [-0.05, 0) is 19.9 Å². The van der Waals surface area contributed by atoms with Crippen molar-refractivity contribution >= 4 is 5.97 Å². The molecule has 0 bridgehead atoms. The Bertz CT molecular complexity index is 516. The van der Waals surface area contributed by atoms with Crippen LogP contribution >= 0.6 is 0 Å². The first kappa shape index (κ1) is 15.9. The summed E-state index contributed by atoms with van der Waals surface area (Å²) in [6.45, 7) is 6.13. The maximum absolute atomic E-state index is 13.8. The third-order valence-electron chi connectivity index (χ3n) is 4.21. The fraction of sp³-hybridized carbons (Fsp3) is 0.533. The van der Waals surface area contributed by atoms with E-state index >= 15 is 0 Å². The molecule has 1 aliphatic rings. The van der Waals surface area contributed by atoms with E-state index in [0.29, 0.717) is 31.7 Å². The standard InChI is InChI=1S/C15H20F2N2O2/c1-10(13-4-3-12(16)9-14(13)17)18-5-7-19(8-6-18)11(2)15(20)21/h3-4,9-11H,5-8H2,1-2H3,(H,20,21)/t10-,11+/m1/s1. The number of hydrogen-bond acceptors (Lipinski definition) is 3. The van der Waals surface area contributed by atoms with Crippen LogP contribution in [-0.4, -0.2) is 53.1 Å². The maximum atomic E-state index is 13.8. The highest BCUT2D eigenvalue weighted by atomic mass is 19.1. The number of benzene rings is 1. The van der Waals surface area contributed by atoms with Crippen molar-refractivity contribution in [3.63, 3.8) is 0 Å². The summed E-state index contributed by atoms with van der Waals surface area (Å²) in [5, 5.41) is 9.01. The molecule has 0 amide bonds. The molecule has 1 saturated heterocycles. The van der Waals surface area contributed by atoms with Gasteiger partial charge in [0.15, 0.2) is 0 Å². The molecule has 21 heavy (non-hydrogen) atoms. The maximum Gasteiger partial charge on any atom is 0.320 e. The van der Waals surface area contributed by atoms with Crippen LogP contribution in [0.2, 0.25) is 0 Å². The Morgan fingerprint density at radius 2 is 1.71 bits per heavy atom. The van der Waals surface area contributed by atoms with Gasteiger partial charge in [-0.3, -0.25) is 14.6 Å². The zero-order chi connectivity index (χ0) is 15.6. The molecule has 1 aromatic rings. The van der Waals surface area contributed by atoms with Gasteiger partial charge in [0.1, 0.15) is 17.7 Å². The SMILES string of the molecule is C[C@H](c1ccc(F)cc1F)N1CCN([C@@H](C)C(=O)O)CC1. The minimum absolute atomic E-state index is 0.159.